The number of ether oxygens (including phenoxy) is 1. The van der Waals surface area contributed by atoms with Crippen LogP contribution in [0.15, 0.2) is 47.6 Å². The molecule has 1 aliphatic rings. The predicted molar refractivity (Wildman–Crippen MR) is 142 cm³/mol. The van der Waals surface area contributed by atoms with Crippen LogP contribution in [0.2, 0.25) is 0 Å². The number of imidazole rings is 1. The van der Waals surface area contributed by atoms with Crippen molar-refractivity contribution in [2.24, 2.45) is 0 Å². The summed E-state index contributed by atoms with van der Waals surface area (Å²) >= 11 is 0. The summed E-state index contributed by atoms with van der Waals surface area (Å²) in [5, 5.41) is 12.7. The highest BCUT2D eigenvalue weighted by Crippen LogP contribution is 2.32. The Bertz CT molecular complexity index is 1530. The minimum absolute atomic E-state index is 0.212. The van der Waals surface area contributed by atoms with Crippen LogP contribution in [0.1, 0.15) is 36.2 Å². The van der Waals surface area contributed by atoms with E-state index in [1.54, 1.807) is 41.3 Å². The fourth-order valence-corrected chi connectivity index (χ4v) is 5.17. The third-order valence-electron chi connectivity index (χ3n) is 5.99. The second-order valence-corrected chi connectivity index (χ2v) is 10.1. The van der Waals surface area contributed by atoms with Crippen molar-refractivity contribution in [3.8, 4) is 22.9 Å². The molecule has 1 N–H and O–H groups in total. The maximum Gasteiger partial charge on any atom is 0.208 e. The van der Waals surface area contributed by atoms with Crippen molar-refractivity contribution in [2.45, 2.75) is 38.6 Å². The average Bonchev–Trinajstić information content (AvgIpc) is 3.56. The second kappa shape index (κ2) is 11.1. The highest BCUT2D eigenvalue weighted by molar-refractivity contribution is 7.82. The molecule has 0 saturated heterocycles. The van der Waals surface area contributed by atoms with E-state index >= 15 is 0 Å². The number of fused-ring (bicyclic) bond motifs is 2. The molecule has 2 aromatic carbocycles. The topological polar surface area (TPSA) is 95.5 Å². The molecule has 5 rings (SSSR count). The van der Waals surface area contributed by atoms with E-state index in [-0.39, 0.29) is 18.1 Å². The van der Waals surface area contributed by atoms with E-state index in [9.17, 15) is 13.9 Å². The summed E-state index contributed by atoms with van der Waals surface area (Å²) in [6.45, 7) is 6.68. The van der Waals surface area contributed by atoms with Gasteiger partial charge in [0, 0.05) is 35.9 Å². The third kappa shape index (κ3) is 5.05. The zero-order chi connectivity index (χ0) is 26.7. The van der Waals surface area contributed by atoms with Crippen molar-refractivity contribution in [1.82, 2.24) is 18.7 Å². The van der Waals surface area contributed by atoms with Gasteiger partial charge < -0.3 is 10.1 Å². The van der Waals surface area contributed by atoms with Crippen LogP contribution in [-0.2, 0) is 24.0 Å². The van der Waals surface area contributed by atoms with E-state index in [0.29, 0.717) is 40.8 Å². The van der Waals surface area contributed by atoms with Gasteiger partial charge in [0.15, 0.2) is 11.3 Å². The minimum Gasteiger partial charge on any atom is -0.493 e. The first kappa shape index (κ1) is 26.3. The number of nitrogens with one attached hydrogen (secondary N) is 1. The molecule has 1 atom stereocenters. The van der Waals surface area contributed by atoms with Gasteiger partial charge in [-0.25, -0.2) is 22.9 Å². The molecule has 0 bridgehead atoms. The molecule has 192 valence electrons. The molecule has 0 spiro atoms. The van der Waals surface area contributed by atoms with Gasteiger partial charge in [0.1, 0.15) is 28.6 Å². The Kier molecular flexibility index (Phi) is 7.86. The van der Waals surface area contributed by atoms with E-state index in [2.05, 4.69) is 21.4 Å². The summed E-state index contributed by atoms with van der Waals surface area (Å²) in [6, 6.07) is 10.7. The zero-order valence-electron chi connectivity index (χ0n) is 21.5. The van der Waals surface area contributed by atoms with Crippen molar-refractivity contribution in [2.75, 3.05) is 26.0 Å². The molecule has 1 aliphatic heterocycles. The number of hydrogen-bond acceptors (Lipinski definition) is 6. The predicted octanol–water partition coefficient (Wildman–Crippen LogP) is 4.87. The third-order valence-corrected chi connectivity index (χ3v) is 7.31. The number of nitrogens with zero attached hydrogens (tertiary/aromatic N) is 5. The highest BCUT2D eigenvalue weighted by Gasteiger charge is 2.21. The van der Waals surface area contributed by atoms with Crippen LogP contribution in [0, 0.1) is 24.1 Å². The van der Waals surface area contributed by atoms with E-state index in [0.717, 1.165) is 22.3 Å². The number of aromatic nitrogens is 3. The Labute approximate surface area is 218 Å². The van der Waals surface area contributed by atoms with Crippen molar-refractivity contribution in [1.29, 1.82) is 5.26 Å². The summed E-state index contributed by atoms with van der Waals surface area (Å²) in [5.74, 6) is 0.848. The normalized spacial score (nSPS) is 12.9. The molecule has 4 aromatic rings. The summed E-state index contributed by atoms with van der Waals surface area (Å²) in [4.78, 5) is 9.76. The lowest BCUT2D eigenvalue weighted by Gasteiger charge is -2.15. The van der Waals surface area contributed by atoms with Gasteiger partial charge in [-0.05, 0) is 56.4 Å². The Morgan fingerprint density at radius 3 is 2.73 bits per heavy atom. The number of nitriles is 1. The SMILES string of the molecule is CC.Cc1cc(S(=O)N(C)C)ccc1-c1cnc(NCc2c(F)ccc3c2CCO3)n2cc(C#N)nc12. The van der Waals surface area contributed by atoms with Crippen molar-refractivity contribution >= 4 is 22.6 Å². The van der Waals surface area contributed by atoms with Gasteiger partial charge in [0.05, 0.1) is 17.7 Å². The number of halogens is 1. The molecule has 1 unspecified atom stereocenters. The lowest BCUT2D eigenvalue weighted by molar-refractivity contribution is 0.356. The molecule has 8 nitrogen and oxygen atoms in total. The molecule has 2 aromatic heterocycles. The van der Waals surface area contributed by atoms with Crippen LogP contribution in [0.3, 0.4) is 0 Å². The van der Waals surface area contributed by atoms with Crippen LogP contribution >= 0.6 is 0 Å². The molecule has 3 heterocycles. The number of aryl methyl sites for hydroxylation is 1. The molecule has 0 saturated carbocycles. The molecule has 0 radical (unpaired) electrons. The quantitative estimate of drug-likeness (QED) is 0.390. The molecule has 0 amide bonds. The number of hydrogen-bond donors (Lipinski definition) is 1. The van der Waals surface area contributed by atoms with Crippen LogP contribution in [-0.4, -0.2) is 43.6 Å². The summed E-state index contributed by atoms with van der Waals surface area (Å²) < 4.78 is 35.9. The first-order valence-electron chi connectivity index (χ1n) is 12.0. The first-order valence-corrected chi connectivity index (χ1v) is 13.1. The molecular weight excluding hydrogens is 491 g/mol. The van der Waals surface area contributed by atoms with Crippen LogP contribution in [0.4, 0.5) is 10.3 Å². The largest absolute Gasteiger partial charge is 0.493 e. The number of rotatable bonds is 6. The highest BCUT2D eigenvalue weighted by atomic mass is 32.2. The molecular formula is C27H29FN6O2S. The summed E-state index contributed by atoms with van der Waals surface area (Å²) in [6.07, 6.45) is 3.95. The van der Waals surface area contributed by atoms with E-state index in [1.807, 2.05) is 39.0 Å². The lowest BCUT2D eigenvalue weighted by atomic mass is 10.0. The second-order valence-electron chi connectivity index (χ2n) is 8.42. The Morgan fingerprint density at radius 2 is 2.03 bits per heavy atom. The van der Waals surface area contributed by atoms with Gasteiger partial charge in [-0.1, -0.05) is 19.9 Å². The zero-order valence-corrected chi connectivity index (χ0v) is 22.3. The fourth-order valence-electron chi connectivity index (χ4n) is 4.28. The van der Waals surface area contributed by atoms with Crippen molar-refractivity contribution in [3.05, 3.63) is 70.9 Å². The van der Waals surface area contributed by atoms with E-state index < -0.39 is 11.0 Å². The maximum absolute atomic E-state index is 14.6. The number of anilines is 1. The summed E-state index contributed by atoms with van der Waals surface area (Å²) in [5.41, 5.74) is 4.70. The van der Waals surface area contributed by atoms with Gasteiger partial charge >= 0.3 is 0 Å². The van der Waals surface area contributed by atoms with Crippen LogP contribution in [0.25, 0.3) is 16.8 Å². The van der Waals surface area contributed by atoms with Gasteiger partial charge in [0.2, 0.25) is 5.95 Å². The minimum atomic E-state index is -1.26. The van der Waals surface area contributed by atoms with Crippen LogP contribution < -0.4 is 10.1 Å². The standard InChI is InChI=1S/C25H23FN6O2S.C2H6/c1-15-10-17(35(33)31(2)3)4-5-18(15)21-13-29-25(32-14-16(11-27)30-24(21)32)28-12-20-19-8-9-34-23(19)7-6-22(20)26;1-2/h4-7,10,13-14H,8-9,12H2,1-3H3,(H,28,29);1-2H3. The Balaban J connectivity index is 0.00000156. The van der Waals surface area contributed by atoms with Crippen molar-refractivity contribution < 1.29 is 13.3 Å². The van der Waals surface area contributed by atoms with Gasteiger partial charge in [-0.3, -0.25) is 4.40 Å². The van der Waals surface area contributed by atoms with Gasteiger partial charge in [-0.15, -0.1) is 0 Å². The Hall–Kier alpha value is -3.81. The summed E-state index contributed by atoms with van der Waals surface area (Å²) in [7, 11) is 2.26. The first-order chi connectivity index (χ1) is 17.9. The number of benzene rings is 2. The fraction of sp³-hybridized carbons (Fsp3) is 0.296. The van der Waals surface area contributed by atoms with E-state index in [4.69, 9.17) is 4.74 Å². The maximum atomic E-state index is 14.6. The van der Waals surface area contributed by atoms with Gasteiger partial charge in [-0.2, -0.15) is 5.26 Å². The van der Waals surface area contributed by atoms with E-state index in [1.165, 1.54) is 6.07 Å². The molecule has 0 fully saturated rings. The molecule has 0 aliphatic carbocycles. The molecule has 10 heteroatoms. The van der Waals surface area contributed by atoms with Crippen molar-refractivity contribution in [3.63, 3.8) is 0 Å². The Morgan fingerprint density at radius 1 is 1.24 bits per heavy atom. The molecule has 37 heavy (non-hydrogen) atoms. The van der Waals surface area contributed by atoms with Crippen LogP contribution in [0.5, 0.6) is 5.75 Å². The monoisotopic (exact) mass is 520 g/mol. The van der Waals surface area contributed by atoms with Gasteiger partial charge in [0.25, 0.3) is 0 Å². The average molecular weight is 521 g/mol. The smallest absolute Gasteiger partial charge is 0.208 e. The lowest BCUT2D eigenvalue weighted by Crippen LogP contribution is -2.15.